The lowest BCUT2D eigenvalue weighted by Gasteiger charge is -2.31. The van der Waals surface area contributed by atoms with Crippen LogP contribution in [0.2, 0.25) is 0 Å². The van der Waals surface area contributed by atoms with E-state index >= 15 is 0 Å². The lowest BCUT2D eigenvalue weighted by Crippen LogP contribution is -2.43. The third-order valence-electron chi connectivity index (χ3n) is 4.53. The van der Waals surface area contributed by atoms with Gasteiger partial charge in [0, 0.05) is 18.9 Å². The Hall–Kier alpha value is -1.46. The molecule has 21 heavy (non-hydrogen) atoms. The molecule has 1 fully saturated rings. The van der Waals surface area contributed by atoms with E-state index < -0.39 is 15.6 Å². The van der Waals surface area contributed by atoms with Gasteiger partial charge in [0.25, 0.3) is 0 Å². The Morgan fingerprint density at radius 2 is 1.81 bits per heavy atom. The second-order valence-corrected chi connectivity index (χ2v) is 8.24. The van der Waals surface area contributed by atoms with Crippen LogP contribution in [-0.2, 0) is 14.8 Å². The van der Waals surface area contributed by atoms with Crippen LogP contribution in [0.1, 0.15) is 25.8 Å². The number of allylic oxidation sites excluding steroid dienone is 1. The summed E-state index contributed by atoms with van der Waals surface area (Å²) in [5.41, 5.74) is 1.34. The zero-order valence-electron chi connectivity index (χ0n) is 12.5. The topological polar surface area (TPSA) is 54.5 Å². The molecule has 5 heteroatoms. The fourth-order valence-electron chi connectivity index (χ4n) is 3.35. The maximum absolute atomic E-state index is 12.9. The molecule has 1 aromatic carbocycles. The maximum atomic E-state index is 12.9. The van der Waals surface area contributed by atoms with E-state index in [1.54, 1.807) is 30.3 Å². The van der Waals surface area contributed by atoms with Crippen LogP contribution in [0.4, 0.5) is 0 Å². The van der Waals surface area contributed by atoms with Gasteiger partial charge in [0.15, 0.2) is 5.78 Å². The Morgan fingerprint density at radius 1 is 1.19 bits per heavy atom. The Bertz CT molecular complexity index is 729. The van der Waals surface area contributed by atoms with Gasteiger partial charge in [-0.2, -0.15) is 4.31 Å². The molecule has 1 aromatic rings. The number of carbonyl (C=O) groups excluding carboxylic acids is 1. The number of hydrogen-bond acceptors (Lipinski definition) is 3. The molecule has 0 aromatic heterocycles. The van der Waals surface area contributed by atoms with Crippen LogP contribution >= 0.6 is 0 Å². The molecule has 1 aliphatic carbocycles. The summed E-state index contributed by atoms with van der Waals surface area (Å²) in [5, 5.41) is 0. The molecular weight excluding hydrogens is 286 g/mol. The molecule has 0 spiro atoms. The van der Waals surface area contributed by atoms with E-state index in [-0.39, 0.29) is 11.7 Å². The van der Waals surface area contributed by atoms with Crippen LogP contribution in [0, 0.1) is 12.8 Å². The predicted molar refractivity (Wildman–Crippen MR) is 80.3 cm³/mol. The molecule has 1 saturated heterocycles. The number of nitrogens with zero attached hydrogens (tertiary/aromatic N) is 1. The van der Waals surface area contributed by atoms with Gasteiger partial charge in [0.05, 0.1) is 10.4 Å². The number of sulfonamides is 1. The Balaban J connectivity index is 2.03. The second-order valence-electron chi connectivity index (χ2n) is 6.38. The molecule has 1 unspecified atom stereocenters. The van der Waals surface area contributed by atoms with Gasteiger partial charge in [-0.05, 0) is 44.6 Å². The first-order chi connectivity index (χ1) is 9.73. The largest absolute Gasteiger partial charge is 0.295 e. The van der Waals surface area contributed by atoms with Crippen LogP contribution in [0.25, 0.3) is 0 Å². The molecule has 0 radical (unpaired) electrons. The van der Waals surface area contributed by atoms with Crippen molar-refractivity contribution < 1.29 is 13.2 Å². The van der Waals surface area contributed by atoms with Crippen LogP contribution in [0.15, 0.2) is 40.8 Å². The number of aryl methyl sites for hydroxylation is 1. The number of benzene rings is 1. The molecule has 1 aliphatic heterocycles. The third-order valence-corrected chi connectivity index (χ3v) is 6.58. The van der Waals surface area contributed by atoms with E-state index in [0.29, 0.717) is 17.9 Å². The molecule has 112 valence electrons. The van der Waals surface area contributed by atoms with Crippen molar-refractivity contribution >= 4 is 15.8 Å². The van der Waals surface area contributed by atoms with E-state index in [1.165, 1.54) is 4.31 Å². The Morgan fingerprint density at radius 3 is 2.38 bits per heavy atom. The predicted octanol–water partition coefficient (Wildman–Crippen LogP) is 2.29. The average Bonchev–Trinajstić information content (AvgIpc) is 2.87. The highest BCUT2D eigenvalue weighted by molar-refractivity contribution is 7.89. The maximum Gasteiger partial charge on any atom is 0.243 e. The number of fused-ring (bicyclic) bond motifs is 1. The summed E-state index contributed by atoms with van der Waals surface area (Å²) >= 11 is 0. The molecule has 0 saturated carbocycles. The lowest BCUT2D eigenvalue weighted by atomic mass is 9.92. The van der Waals surface area contributed by atoms with E-state index in [9.17, 15) is 13.2 Å². The molecule has 0 bridgehead atoms. The lowest BCUT2D eigenvalue weighted by molar-refractivity contribution is -0.114. The normalized spacial score (nSPS) is 25.0. The number of carbonyl (C=O) groups is 1. The van der Waals surface area contributed by atoms with Crippen molar-refractivity contribution in [3.63, 3.8) is 0 Å². The molecule has 1 heterocycles. The van der Waals surface area contributed by atoms with Crippen molar-refractivity contribution in [3.05, 3.63) is 41.5 Å². The molecule has 1 atom stereocenters. The summed E-state index contributed by atoms with van der Waals surface area (Å²) in [6.07, 6.45) is 2.06. The highest BCUT2D eigenvalue weighted by atomic mass is 32.2. The van der Waals surface area contributed by atoms with Gasteiger partial charge in [-0.25, -0.2) is 8.42 Å². The van der Waals surface area contributed by atoms with Crippen molar-refractivity contribution in [1.82, 2.24) is 4.31 Å². The van der Waals surface area contributed by atoms with E-state index in [2.05, 4.69) is 0 Å². The summed E-state index contributed by atoms with van der Waals surface area (Å²) in [7, 11) is -3.54. The summed E-state index contributed by atoms with van der Waals surface area (Å²) in [6, 6.07) is 6.90. The highest BCUT2D eigenvalue weighted by Crippen LogP contribution is 2.45. The third kappa shape index (κ3) is 2.15. The van der Waals surface area contributed by atoms with E-state index in [4.69, 9.17) is 0 Å². The summed E-state index contributed by atoms with van der Waals surface area (Å²) in [5.74, 6) is 0.142. The van der Waals surface area contributed by atoms with Crippen LogP contribution in [-0.4, -0.2) is 30.6 Å². The van der Waals surface area contributed by atoms with Crippen molar-refractivity contribution in [1.29, 1.82) is 0 Å². The molecule has 2 aliphatic rings. The van der Waals surface area contributed by atoms with Crippen molar-refractivity contribution in [2.45, 2.75) is 37.6 Å². The van der Waals surface area contributed by atoms with Crippen molar-refractivity contribution in [3.8, 4) is 0 Å². The Kier molecular flexibility index (Phi) is 3.11. The minimum atomic E-state index is -3.54. The Labute approximate surface area is 125 Å². The second kappa shape index (κ2) is 4.52. The smallest absolute Gasteiger partial charge is 0.243 e. The molecule has 3 rings (SSSR count). The minimum Gasteiger partial charge on any atom is -0.295 e. The van der Waals surface area contributed by atoms with Gasteiger partial charge >= 0.3 is 0 Å². The zero-order chi connectivity index (χ0) is 15.4. The van der Waals surface area contributed by atoms with Crippen molar-refractivity contribution in [2.75, 3.05) is 6.54 Å². The SMILES string of the molecule is Cc1ccc(S(=O)(=O)N2CC3CC(=O)C=C3C2(C)C)cc1. The van der Waals surface area contributed by atoms with Gasteiger partial charge in [0.1, 0.15) is 0 Å². The summed E-state index contributed by atoms with van der Waals surface area (Å²) in [6.45, 7) is 6.07. The molecular formula is C16H19NO3S. The zero-order valence-corrected chi connectivity index (χ0v) is 13.3. The fourth-order valence-corrected chi connectivity index (χ4v) is 5.17. The summed E-state index contributed by atoms with van der Waals surface area (Å²) in [4.78, 5) is 11.9. The highest BCUT2D eigenvalue weighted by Gasteiger charge is 2.51. The van der Waals surface area contributed by atoms with Gasteiger partial charge < -0.3 is 0 Å². The monoisotopic (exact) mass is 305 g/mol. The molecule has 0 N–H and O–H groups in total. The van der Waals surface area contributed by atoms with Gasteiger partial charge in [-0.1, -0.05) is 17.7 Å². The standard InChI is InChI=1S/C16H19NO3S/c1-11-4-6-14(7-5-11)21(19,20)17-10-12-8-13(18)9-15(12)16(17,2)3/h4-7,9,12H,8,10H2,1-3H3. The number of ketones is 1. The average molecular weight is 305 g/mol. The first kappa shape index (κ1) is 14.5. The van der Waals surface area contributed by atoms with Crippen molar-refractivity contribution in [2.24, 2.45) is 5.92 Å². The number of rotatable bonds is 2. The quantitative estimate of drug-likeness (QED) is 0.842. The van der Waals surface area contributed by atoms with Crippen LogP contribution in [0.5, 0.6) is 0 Å². The van der Waals surface area contributed by atoms with E-state index in [1.807, 2.05) is 20.8 Å². The van der Waals surface area contributed by atoms with Crippen LogP contribution < -0.4 is 0 Å². The molecule has 4 nitrogen and oxygen atoms in total. The van der Waals surface area contributed by atoms with E-state index in [0.717, 1.165) is 11.1 Å². The first-order valence-corrected chi connectivity index (χ1v) is 8.51. The van der Waals surface area contributed by atoms with Crippen LogP contribution in [0.3, 0.4) is 0 Å². The van der Waals surface area contributed by atoms with Gasteiger partial charge in [0.2, 0.25) is 10.0 Å². The first-order valence-electron chi connectivity index (χ1n) is 7.07. The van der Waals surface area contributed by atoms with Gasteiger partial charge in [-0.3, -0.25) is 4.79 Å². The fraction of sp³-hybridized carbons (Fsp3) is 0.438. The molecule has 0 amide bonds. The summed E-state index contributed by atoms with van der Waals surface area (Å²) < 4.78 is 27.3. The minimum absolute atomic E-state index is 0.0349. The van der Waals surface area contributed by atoms with Gasteiger partial charge in [-0.15, -0.1) is 0 Å². The number of hydrogen-bond donors (Lipinski definition) is 0.